The fourth-order valence-corrected chi connectivity index (χ4v) is 2.39. The minimum absolute atomic E-state index is 0.323. The normalized spacial score (nSPS) is 12.3. The molecule has 1 unspecified atom stereocenters. The van der Waals surface area contributed by atoms with Crippen molar-refractivity contribution in [3.8, 4) is 0 Å². The molecule has 0 aromatic heterocycles. The Morgan fingerprint density at radius 2 is 1.83 bits per heavy atom. The molecule has 18 heavy (non-hydrogen) atoms. The zero-order chi connectivity index (χ0) is 13.2. The Kier molecular flexibility index (Phi) is 7.40. The van der Waals surface area contributed by atoms with Crippen LogP contribution in [0.25, 0.3) is 0 Å². The molecule has 0 aliphatic rings. The minimum Gasteiger partial charge on any atom is -0.300 e. The van der Waals surface area contributed by atoms with E-state index in [2.05, 4.69) is 37.3 Å². The maximum atomic E-state index is 11.1. The van der Waals surface area contributed by atoms with Crippen LogP contribution in [-0.2, 0) is 11.2 Å². The van der Waals surface area contributed by atoms with Crippen LogP contribution in [0, 0.1) is 5.92 Å². The standard InChI is InChI=1S/C17H26O/c1-3-4-6-9-17(13-12-15(2)18)14-16-10-7-5-8-11-16/h5,7-8,10-11,17H,3-4,6,9,12-14H2,1-2H3. The largest absolute Gasteiger partial charge is 0.300 e. The highest BCUT2D eigenvalue weighted by Crippen LogP contribution is 2.21. The van der Waals surface area contributed by atoms with Crippen molar-refractivity contribution in [2.24, 2.45) is 5.92 Å². The van der Waals surface area contributed by atoms with Gasteiger partial charge in [-0.25, -0.2) is 0 Å². The zero-order valence-electron chi connectivity index (χ0n) is 11.8. The molecule has 1 rings (SSSR count). The zero-order valence-corrected chi connectivity index (χ0v) is 11.8. The lowest BCUT2D eigenvalue weighted by Crippen LogP contribution is -2.07. The Morgan fingerprint density at radius 3 is 2.44 bits per heavy atom. The summed E-state index contributed by atoms with van der Waals surface area (Å²) in [6.07, 6.45) is 8.05. The summed E-state index contributed by atoms with van der Waals surface area (Å²) in [5, 5.41) is 0. The number of unbranched alkanes of at least 4 members (excludes halogenated alkanes) is 2. The van der Waals surface area contributed by atoms with Gasteiger partial charge in [0, 0.05) is 6.42 Å². The van der Waals surface area contributed by atoms with Gasteiger partial charge in [-0.1, -0.05) is 62.9 Å². The second kappa shape index (κ2) is 8.91. The third-order valence-electron chi connectivity index (χ3n) is 3.49. The van der Waals surface area contributed by atoms with Crippen molar-refractivity contribution in [1.29, 1.82) is 0 Å². The van der Waals surface area contributed by atoms with Crippen molar-refractivity contribution >= 4 is 5.78 Å². The third kappa shape index (κ3) is 6.58. The van der Waals surface area contributed by atoms with Crippen LogP contribution in [0.1, 0.15) is 57.9 Å². The molecule has 1 aromatic carbocycles. The molecule has 1 atom stereocenters. The lowest BCUT2D eigenvalue weighted by molar-refractivity contribution is -0.117. The van der Waals surface area contributed by atoms with E-state index in [-0.39, 0.29) is 0 Å². The molecule has 1 nitrogen and oxygen atoms in total. The first kappa shape index (κ1) is 14.9. The second-order valence-corrected chi connectivity index (χ2v) is 5.29. The smallest absolute Gasteiger partial charge is 0.129 e. The fraction of sp³-hybridized carbons (Fsp3) is 0.588. The number of ketones is 1. The number of rotatable bonds is 9. The summed E-state index contributed by atoms with van der Waals surface area (Å²) in [6, 6.07) is 10.7. The number of carbonyl (C=O) groups is 1. The van der Waals surface area contributed by atoms with Gasteiger partial charge in [-0.05, 0) is 31.2 Å². The molecule has 0 radical (unpaired) electrons. The van der Waals surface area contributed by atoms with E-state index < -0.39 is 0 Å². The summed E-state index contributed by atoms with van der Waals surface area (Å²) < 4.78 is 0. The van der Waals surface area contributed by atoms with Crippen molar-refractivity contribution in [2.75, 3.05) is 0 Å². The molecule has 0 saturated carbocycles. The van der Waals surface area contributed by atoms with Gasteiger partial charge < -0.3 is 4.79 Å². The lowest BCUT2D eigenvalue weighted by atomic mass is 9.89. The van der Waals surface area contributed by atoms with E-state index >= 15 is 0 Å². The number of benzene rings is 1. The Bertz CT molecular complexity index is 329. The van der Waals surface area contributed by atoms with Crippen molar-refractivity contribution in [1.82, 2.24) is 0 Å². The van der Waals surface area contributed by atoms with E-state index in [0.717, 1.165) is 19.3 Å². The first-order chi connectivity index (χ1) is 8.72. The number of hydrogen-bond donors (Lipinski definition) is 0. The van der Waals surface area contributed by atoms with Gasteiger partial charge in [-0.2, -0.15) is 0 Å². The van der Waals surface area contributed by atoms with E-state index in [1.165, 1.54) is 31.2 Å². The predicted molar refractivity (Wildman–Crippen MR) is 77.7 cm³/mol. The van der Waals surface area contributed by atoms with Gasteiger partial charge in [0.1, 0.15) is 5.78 Å². The highest BCUT2D eigenvalue weighted by atomic mass is 16.1. The maximum absolute atomic E-state index is 11.1. The van der Waals surface area contributed by atoms with Crippen LogP contribution in [0.5, 0.6) is 0 Å². The molecule has 0 saturated heterocycles. The van der Waals surface area contributed by atoms with Crippen LogP contribution >= 0.6 is 0 Å². The molecule has 0 amide bonds. The van der Waals surface area contributed by atoms with Gasteiger partial charge in [0.15, 0.2) is 0 Å². The number of hydrogen-bond acceptors (Lipinski definition) is 1. The highest BCUT2D eigenvalue weighted by molar-refractivity contribution is 5.75. The summed E-state index contributed by atoms with van der Waals surface area (Å²) in [6.45, 7) is 3.94. The predicted octanol–water partition coefficient (Wildman–Crippen LogP) is 4.79. The molecule has 0 N–H and O–H groups in total. The third-order valence-corrected chi connectivity index (χ3v) is 3.49. The Labute approximate surface area is 112 Å². The van der Waals surface area contributed by atoms with E-state index in [4.69, 9.17) is 0 Å². The summed E-state index contributed by atoms with van der Waals surface area (Å²) in [5.41, 5.74) is 1.41. The van der Waals surface area contributed by atoms with Crippen LogP contribution in [0.3, 0.4) is 0 Å². The van der Waals surface area contributed by atoms with Crippen LogP contribution in [0.2, 0.25) is 0 Å². The van der Waals surface area contributed by atoms with Gasteiger partial charge >= 0.3 is 0 Å². The fourth-order valence-electron chi connectivity index (χ4n) is 2.39. The molecule has 0 aliphatic heterocycles. The highest BCUT2D eigenvalue weighted by Gasteiger charge is 2.10. The first-order valence-electron chi connectivity index (χ1n) is 7.25. The Balaban J connectivity index is 2.45. The maximum Gasteiger partial charge on any atom is 0.129 e. The van der Waals surface area contributed by atoms with Crippen molar-refractivity contribution in [3.05, 3.63) is 35.9 Å². The molecule has 1 heteroatoms. The summed E-state index contributed by atoms with van der Waals surface area (Å²) in [5.74, 6) is 0.992. The molecular formula is C17H26O. The molecule has 0 heterocycles. The quantitative estimate of drug-likeness (QED) is 0.572. The monoisotopic (exact) mass is 246 g/mol. The molecule has 0 fully saturated rings. The number of carbonyl (C=O) groups excluding carboxylic acids is 1. The van der Waals surface area contributed by atoms with Crippen molar-refractivity contribution in [2.45, 2.75) is 58.8 Å². The van der Waals surface area contributed by atoms with E-state index in [0.29, 0.717) is 11.7 Å². The Morgan fingerprint density at radius 1 is 1.11 bits per heavy atom. The topological polar surface area (TPSA) is 17.1 Å². The average molecular weight is 246 g/mol. The van der Waals surface area contributed by atoms with E-state index in [1.54, 1.807) is 6.92 Å². The van der Waals surface area contributed by atoms with E-state index in [1.807, 2.05) is 0 Å². The second-order valence-electron chi connectivity index (χ2n) is 5.29. The molecule has 1 aromatic rings. The van der Waals surface area contributed by atoms with Gasteiger partial charge in [0.05, 0.1) is 0 Å². The number of Topliss-reactive ketones (excluding diaryl/α,β-unsaturated/α-hetero) is 1. The van der Waals surface area contributed by atoms with Gasteiger partial charge in [-0.15, -0.1) is 0 Å². The molecule has 0 aliphatic carbocycles. The Hall–Kier alpha value is -1.11. The van der Waals surface area contributed by atoms with Crippen LogP contribution in [0.15, 0.2) is 30.3 Å². The van der Waals surface area contributed by atoms with Crippen LogP contribution in [0.4, 0.5) is 0 Å². The van der Waals surface area contributed by atoms with Gasteiger partial charge in [0.2, 0.25) is 0 Å². The molecule has 0 bridgehead atoms. The molecular weight excluding hydrogens is 220 g/mol. The van der Waals surface area contributed by atoms with Crippen molar-refractivity contribution < 1.29 is 4.79 Å². The van der Waals surface area contributed by atoms with Gasteiger partial charge in [-0.3, -0.25) is 0 Å². The van der Waals surface area contributed by atoms with E-state index in [9.17, 15) is 4.79 Å². The van der Waals surface area contributed by atoms with Crippen molar-refractivity contribution in [3.63, 3.8) is 0 Å². The van der Waals surface area contributed by atoms with Crippen LogP contribution < -0.4 is 0 Å². The summed E-state index contributed by atoms with van der Waals surface area (Å²) in [4.78, 5) is 11.1. The minimum atomic E-state index is 0.323. The SMILES string of the molecule is CCCCCC(CCC(C)=O)Cc1ccccc1. The lowest BCUT2D eigenvalue weighted by Gasteiger charge is -2.16. The van der Waals surface area contributed by atoms with Crippen LogP contribution in [-0.4, -0.2) is 5.78 Å². The molecule has 100 valence electrons. The first-order valence-corrected chi connectivity index (χ1v) is 7.25. The summed E-state index contributed by atoms with van der Waals surface area (Å²) >= 11 is 0. The average Bonchev–Trinajstić information content (AvgIpc) is 2.37. The summed E-state index contributed by atoms with van der Waals surface area (Å²) in [7, 11) is 0. The molecule has 0 spiro atoms. The van der Waals surface area contributed by atoms with Gasteiger partial charge in [0.25, 0.3) is 0 Å².